The van der Waals surface area contributed by atoms with Gasteiger partial charge in [0.05, 0.1) is 5.56 Å². The van der Waals surface area contributed by atoms with E-state index < -0.39 is 5.82 Å². The summed E-state index contributed by atoms with van der Waals surface area (Å²) in [5, 5.41) is 6.28. The van der Waals surface area contributed by atoms with Gasteiger partial charge in [0.2, 0.25) is 0 Å². The van der Waals surface area contributed by atoms with E-state index in [1.165, 1.54) is 18.6 Å². The first-order valence-electron chi connectivity index (χ1n) is 9.24. The number of rotatable bonds is 6. The van der Waals surface area contributed by atoms with Gasteiger partial charge in [-0.15, -0.1) is 12.4 Å². The Kier molecular flexibility index (Phi) is 7.83. The Bertz CT molecular complexity index is 587. The minimum Gasteiger partial charge on any atom is -0.351 e. The molecule has 1 aromatic rings. The van der Waals surface area contributed by atoms with Crippen LogP contribution >= 0.6 is 12.4 Å². The Labute approximate surface area is 161 Å². The Hall–Kier alpha value is -1.21. The van der Waals surface area contributed by atoms with E-state index >= 15 is 0 Å². The van der Waals surface area contributed by atoms with Crippen molar-refractivity contribution in [3.8, 4) is 0 Å². The number of amides is 1. The van der Waals surface area contributed by atoms with Crippen LogP contribution in [0.15, 0.2) is 24.3 Å². The quantitative estimate of drug-likeness (QED) is 0.782. The molecular weight excluding hydrogens is 355 g/mol. The largest absolute Gasteiger partial charge is 0.351 e. The third-order valence-corrected chi connectivity index (χ3v) is 5.36. The van der Waals surface area contributed by atoms with Crippen LogP contribution < -0.4 is 10.6 Å². The molecule has 0 bridgehead atoms. The van der Waals surface area contributed by atoms with Crippen LogP contribution in [0.1, 0.15) is 23.7 Å². The molecule has 0 spiro atoms. The highest BCUT2D eigenvalue weighted by Crippen LogP contribution is 2.26. The molecule has 1 amide bonds. The predicted octanol–water partition coefficient (Wildman–Crippen LogP) is 1.59. The molecule has 0 saturated carbocycles. The summed E-state index contributed by atoms with van der Waals surface area (Å²) in [7, 11) is 0. The number of carbonyl (C=O) groups excluding carboxylic acids is 1. The van der Waals surface area contributed by atoms with Gasteiger partial charge in [-0.2, -0.15) is 0 Å². The van der Waals surface area contributed by atoms with Gasteiger partial charge in [-0.1, -0.05) is 19.1 Å². The first-order valence-corrected chi connectivity index (χ1v) is 9.24. The molecule has 5 nitrogen and oxygen atoms in total. The van der Waals surface area contributed by atoms with Crippen LogP contribution in [-0.4, -0.2) is 74.6 Å². The van der Waals surface area contributed by atoms with Gasteiger partial charge < -0.3 is 15.5 Å². The van der Waals surface area contributed by atoms with E-state index in [2.05, 4.69) is 27.4 Å². The van der Waals surface area contributed by atoms with Gasteiger partial charge in [-0.05, 0) is 30.5 Å². The van der Waals surface area contributed by atoms with Crippen LogP contribution in [0, 0.1) is 11.2 Å². The lowest BCUT2D eigenvalue weighted by Gasteiger charge is -2.38. The maximum atomic E-state index is 13.6. The second-order valence-electron chi connectivity index (χ2n) is 7.59. The molecule has 1 atom stereocenters. The van der Waals surface area contributed by atoms with Gasteiger partial charge in [0.25, 0.3) is 5.91 Å². The highest BCUT2D eigenvalue weighted by atomic mass is 35.5. The van der Waals surface area contributed by atoms with Gasteiger partial charge in [-0.3, -0.25) is 9.69 Å². The second kappa shape index (κ2) is 9.65. The summed E-state index contributed by atoms with van der Waals surface area (Å²) in [6, 6.07) is 6.10. The SMILES string of the molecule is CC1(CN2CCN(CCNC(=O)c3ccccc3F)CC2)CCNC1.Cl. The molecule has 7 heteroatoms. The lowest BCUT2D eigenvalue weighted by Crippen LogP contribution is -2.51. The molecule has 0 aromatic heterocycles. The van der Waals surface area contributed by atoms with Crippen molar-refractivity contribution in [2.24, 2.45) is 5.41 Å². The Morgan fingerprint density at radius 2 is 1.92 bits per heavy atom. The summed E-state index contributed by atoms with van der Waals surface area (Å²) in [6.45, 7) is 11.4. The molecule has 146 valence electrons. The van der Waals surface area contributed by atoms with Crippen molar-refractivity contribution in [1.82, 2.24) is 20.4 Å². The maximum Gasteiger partial charge on any atom is 0.254 e. The highest BCUT2D eigenvalue weighted by molar-refractivity contribution is 5.94. The Morgan fingerprint density at radius 1 is 1.23 bits per heavy atom. The van der Waals surface area contributed by atoms with E-state index in [9.17, 15) is 9.18 Å². The molecule has 2 fully saturated rings. The molecule has 1 unspecified atom stereocenters. The summed E-state index contributed by atoms with van der Waals surface area (Å²) >= 11 is 0. The van der Waals surface area contributed by atoms with Gasteiger partial charge in [0, 0.05) is 52.4 Å². The molecule has 2 N–H and O–H groups in total. The van der Waals surface area contributed by atoms with Crippen LogP contribution in [0.25, 0.3) is 0 Å². The highest BCUT2D eigenvalue weighted by Gasteiger charge is 2.31. The number of piperazine rings is 1. The molecule has 3 rings (SSSR count). The zero-order chi connectivity index (χ0) is 17.7. The van der Waals surface area contributed by atoms with Crippen molar-refractivity contribution < 1.29 is 9.18 Å². The summed E-state index contributed by atoms with van der Waals surface area (Å²) in [5.74, 6) is -0.804. The van der Waals surface area contributed by atoms with E-state index in [0.717, 1.165) is 52.4 Å². The molecule has 2 heterocycles. The van der Waals surface area contributed by atoms with Crippen molar-refractivity contribution in [2.45, 2.75) is 13.3 Å². The minimum absolute atomic E-state index is 0. The van der Waals surface area contributed by atoms with E-state index in [4.69, 9.17) is 0 Å². The van der Waals surface area contributed by atoms with Gasteiger partial charge in [0.15, 0.2) is 0 Å². The van der Waals surface area contributed by atoms with Crippen LogP contribution in [-0.2, 0) is 0 Å². The fourth-order valence-corrected chi connectivity index (χ4v) is 3.78. The minimum atomic E-state index is -0.469. The second-order valence-corrected chi connectivity index (χ2v) is 7.59. The molecule has 2 aliphatic heterocycles. The monoisotopic (exact) mass is 384 g/mol. The lowest BCUT2D eigenvalue weighted by atomic mass is 9.89. The van der Waals surface area contributed by atoms with Crippen molar-refractivity contribution in [1.29, 1.82) is 0 Å². The molecule has 2 saturated heterocycles. The normalized spacial score (nSPS) is 24.2. The number of halogens is 2. The maximum absolute atomic E-state index is 13.6. The average Bonchev–Trinajstić information content (AvgIpc) is 3.03. The molecule has 2 aliphatic rings. The van der Waals surface area contributed by atoms with Crippen LogP contribution in [0.2, 0.25) is 0 Å². The van der Waals surface area contributed by atoms with Crippen molar-refractivity contribution in [2.75, 3.05) is 58.9 Å². The van der Waals surface area contributed by atoms with Crippen LogP contribution in [0.3, 0.4) is 0 Å². The number of hydrogen-bond donors (Lipinski definition) is 2. The van der Waals surface area contributed by atoms with E-state index in [-0.39, 0.29) is 23.9 Å². The number of carbonyl (C=O) groups is 1. The van der Waals surface area contributed by atoms with Gasteiger partial charge in [0.1, 0.15) is 5.82 Å². The summed E-state index contributed by atoms with van der Waals surface area (Å²) in [6.07, 6.45) is 1.26. The van der Waals surface area contributed by atoms with Crippen LogP contribution in [0.4, 0.5) is 4.39 Å². The van der Waals surface area contributed by atoms with Crippen molar-refractivity contribution >= 4 is 18.3 Å². The Balaban J connectivity index is 0.00000243. The standard InChI is InChI=1S/C19H29FN4O.ClH/c1-19(6-7-21-14-19)15-24-12-10-23(11-13-24)9-8-22-18(25)16-4-2-3-5-17(16)20;/h2-5,21H,6-15H2,1H3,(H,22,25);1H. The summed E-state index contributed by atoms with van der Waals surface area (Å²) in [5.41, 5.74) is 0.529. The van der Waals surface area contributed by atoms with Crippen LogP contribution in [0.5, 0.6) is 0 Å². The smallest absolute Gasteiger partial charge is 0.254 e. The molecule has 0 radical (unpaired) electrons. The number of nitrogens with zero attached hydrogens (tertiary/aromatic N) is 2. The van der Waals surface area contributed by atoms with E-state index in [0.29, 0.717) is 12.0 Å². The fraction of sp³-hybridized carbons (Fsp3) is 0.632. The van der Waals surface area contributed by atoms with Crippen molar-refractivity contribution in [3.63, 3.8) is 0 Å². The number of hydrogen-bond acceptors (Lipinski definition) is 4. The third kappa shape index (κ3) is 5.64. The lowest BCUT2D eigenvalue weighted by molar-refractivity contribution is 0.0892. The molecule has 0 aliphatic carbocycles. The summed E-state index contributed by atoms with van der Waals surface area (Å²) in [4.78, 5) is 16.9. The van der Waals surface area contributed by atoms with Gasteiger partial charge in [-0.25, -0.2) is 4.39 Å². The molecule has 1 aromatic carbocycles. The van der Waals surface area contributed by atoms with Gasteiger partial charge >= 0.3 is 0 Å². The molecule has 26 heavy (non-hydrogen) atoms. The first kappa shape index (κ1) is 21.1. The summed E-state index contributed by atoms with van der Waals surface area (Å²) < 4.78 is 13.6. The van der Waals surface area contributed by atoms with E-state index in [1.807, 2.05) is 0 Å². The average molecular weight is 385 g/mol. The van der Waals surface area contributed by atoms with E-state index in [1.54, 1.807) is 12.1 Å². The topological polar surface area (TPSA) is 47.6 Å². The third-order valence-electron chi connectivity index (χ3n) is 5.36. The number of nitrogens with one attached hydrogen (secondary N) is 2. The zero-order valence-electron chi connectivity index (χ0n) is 15.5. The predicted molar refractivity (Wildman–Crippen MR) is 104 cm³/mol. The fourth-order valence-electron chi connectivity index (χ4n) is 3.78. The van der Waals surface area contributed by atoms with Crippen molar-refractivity contribution in [3.05, 3.63) is 35.6 Å². The zero-order valence-corrected chi connectivity index (χ0v) is 16.3. The number of benzene rings is 1. The molecular formula is C19H30ClFN4O. The Morgan fingerprint density at radius 3 is 2.58 bits per heavy atom. The first-order chi connectivity index (χ1) is 12.1.